The van der Waals surface area contributed by atoms with Crippen molar-refractivity contribution in [2.75, 3.05) is 18.8 Å². The van der Waals surface area contributed by atoms with Crippen LogP contribution in [0.15, 0.2) is 24.3 Å². The molecule has 19 heavy (non-hydrogen) atoms. The average Bonchev–Trinajstić information content (AvgIpc) is 2.34. The van der Waals surface area contributed by atoms with Gasteiger partial charge in [-0.15, -0.1) is 0 Å². The SMILES string of the molecule is CCCCCCN(CC(N)=O)Cc1cccc(N)c1. The summed E-state index contributed by atoms with van der Waals surface area (Å²) in [6.45, 7) is 4.12. The van der Waals surface area contributed by atoms with Gasteiger partial charge in [0.2, 0.25) is 5.91 Å². The Morgan fingerprint density at radius 2 is 2.05 bits per heavy atom. The normalized spacial score (nSPS) is 10.8. The van der Waals surface area contributed by atoms with E-state index in [0.29, 0.717) is 6.54 Å². The Morgan fingerprint density at radius 1 is 1.26 bits per heavy atom. The molecule has 0 heterocycles. The largest absolute Gasteiger partial charge is 0.399 e. The second-order valence-electron chi connectivity index (χ2n) is 4.98. The first-order valence-electron chi connectivity index (χ1n) is 6.97. The Bertz CT molecular complexity index is 393. The third-order valence-corrected chi connectivity index (χ3v) is 3.06. The Balaban J connectivity index is 2.51. The number of unbranched alkanes of at least 4 members (excludes halogenated alkanes) is 3. The topological polar surface area (TPSA) is 72.3 Å². The van der Waals surface area contributed by atoms with Gasteiger partial charge >= 0.3 is 0 Å². The molecule has 1 amide bonds. The number of nitrogen functional groups attached to an aromatic ring is 1. The van der Waals surface area contributed by atoms with Gasteiger partial charge in [-0.1, -0.05) is 38.3 Å². The Hall–Kier alpha value is -1.55. The highest BCUT2D eigenvalue weighted by Gasteiger charge is 2.09. The molecule has 4 nitrogen and oxygen atoms in total. The molecule has 4 heteroatoms. The lowest BCUT2D eigenvalue weighted by Crippen LogP contribution is -2.34. The number of nitrogens with zero attached hydrogens (tertiary/aromatic N) is 1. The fourth-order valence-electron chi connectivity index (χ4n) is 2.15. The van der Waals surface area contributed by atoms with Gasteiger partial charge in [-0.2, -0.15) is 0 Å². The number of hydrogen-bond donors (Lipinski definition) is 2. The molecule has 0 unspecified atom stereocenters. The van der Waals surface area contributed by atoms with E-state index in [4.69, 9.17) is 11.5 Å². The highest BCUT2D eigenvalue weighted by atomic mass is 16.1. The van der Waals surface area contributed by atoms with Crippen LogP contribution in [0.5, 0.6) is 0 Å². The average molecular weight is 263 g/mol. The van der Waals surface area contributed by atoms with Gasteiger partial charge in [-0.3, -0.25) is 9.69 Å². The summed E-state index contributed by atoms with van der Waals surface area (Å²) >= 11 is 0. The predicted molar refractivity (Wildman–Crippen MR) is 79.5 cm³/mol. The molecule has 106 valence electrons. The molecule has 0 aliphatic heterocycles. The number of carbonyl (C=O) groups excluding carboxylic acids is 1. The monoisotopic (exact) mass is 263 g/mol. The molecular formula is C15H25N3O. The Morgan fingerprint density at radius 3 is 2.68 bits per heavy atom. The molecule has 0 saturated carbocycles. The fraction of sp³-hybridized carbons (Fsp3) is 0.533. The van der Waals surface area contributed by atoms with E-state index in [9.17, 15) is 4.79 Å². The molecule has 1 rings (SSSR count). The summed E-state index contributed by atoms with van der Waals surface area (Å²) in [4.78, 5) is 13.2. The highest BCUT2D eigenvalue weighted by Crippen LogP contribution is 2.10. The summed E-state index contributed by atoms with van der Waals surface area (Å²) in [5, 5.41) is 0. The zero-order valence-corrected chi connectivity index (χ0v) is 11.8. The van der Waals surface area contributed by atoms with Crippen LogP contribution >= 0.6 is 0 Å². The number of nitrogens with two attached hydrogens (primary N) is 2. The van der Waals surface area contributed by atoms with Gasteiger partial charge in [-0.05, 0) is 30.7 Å². The van der Waals surface area contributed by atoms with Crippen LogP contribution in [0.2, 0.25) is 0 Å². The van der Waals surface area contributed by atoms with E-state index in [1.54, 1.807) is 0 Å². The van der Waals surface area contributed by atoms with Gasteiger partial charge in [0.1, 0.15) is 0 Å². The van der Waals surface area contributed by atoms with Crippen molar-refractivity contribution in [2.45, 2.75) is 39.2 Å². The molecule has 0 fully saturated rings. The first-order valence-corrected chi connectivity index (χ1v) is 6.97. The minimum atomic E-state index is -0.278. The third-order valence-electron chi connectivity index (χ3n) is 3.06. The number of rotatable bonds is 9. The Kier molecular flexibility index (Phi) is 6.97. The van der Waals surface area contributed by atoms with Crippen LogP contribution in [0.25, 0.3) is 0 Å². The number of carbonyl (C=O) groups is 1. The molecule has 0 radical (unpaired) electrons. The summed E-state index contributed by atoms with van der Waals surface area (Å²) in [6, 6.07) is 7.77. The number of anilines is 1. The van der Waals surface area contributed by atoms with Gasteiger partial charge in [0.15, 0.2) is 0 Å². The van der Waals surface area contributed by atoms with Gasteiger partial charge in [0.05, 0.1) is 6.54 Å². The predicted octanol–water partition coefficient (Wildman–Crippen LogP) is 2.14. The molecule has 0 saturated heterocycles. The van der Waals surface area contributed by atoms with Crippen molar-refractivity contribution in [3.05, 3.63) is 29.8 Å². The van der Waals surface area contributed by atoms with Crippen molar-refractivity contribution < 1.29 is 4.79 Å². The highest BCUT2D eigenvalue weighted by molar-refractivity contribution is 5.75. The summed E-state index contributed by atoms with van der Waals surface area (Å²) < 4.78 is 0. The van der Waals surface area contributed by atoms with Gasteiger partial charge in [0, 0.05) is 12.2 Å². The summed E-state index contributed by atoms with van der Waals surface area (Å²) in [7, 11) is 0. The van der Waals surface area contributed by atoms with Crippen LogP contribution in [0.4, 0.5) is 5.69 Å². The van der Waals surface area contributed by atoms with Crippen molar-refractivity contribution in [1.29, 1.82) is 0 Å². The zero-order chi connectivity index (χ0) is 14.1. The molecule has 0 atom stereocenters. The van der Waals surface area contributed by atoms with Crippen LogP contribution in [0.3, 0.4) is 0 Å². The lowest BCUT2D eigenvalue weighted by molar-refractivity contribution is -0.119. The quantitative estimate of drug-likeness (QED) is 0.529. The van der Waals surface area contributed by atoms with Gasteiger partial charge < -0.3 is 11.5 Å². The number of primary amides is 1. The minimum Gasteiger partial charge on any atom is -0.399 e. The first kappa shape index (κ1) is 15.5. The standard InChI is InChI=1S/C15H25N3O/c1-2-3-4-5-9-18(12-15(17)19)11-13-7-6-8-14(16)10-13/h6-8,10H,2-5,9,11-12,16H2,1H3,(H2,17,19). The van der Waals surface area contributed by atoms with Crippen molar-refractivity contribution in [3.63, 3.8) is 0 Å². The number of amides is 1. The van der Waals surface area contributed by atoms with E-state index >= 15 is 0 Å². The second-order valence-corrected chi connectivity index (χ2v) is 4.98. The van der Waals surface area contributed by atoms with Gasteiger partial charge in [0.25, 0.3) is 0 Å². The molecule has 0 aromatic heterocycles. The van der Waals surface area contributed by atoms with E-state index in [1.807, 2.05) is 24.3 Å². The van der Waals surface area contributed by atoms with Gasteiger partial charge in [-0.25, -0.2) is 0 Å². The van der Waals surface area contributed by atoms with Crippen LogP contribution in [0.1, 0.15) is 38.2 Å². The number of benzene rings is 1. The fourth-order valence-corrected chi connectivity index (χ4v) is 2.15. The van der Waals surface area contributed by atoms with Crippen molar-refractivity contribution in [1.82, 2.24) is 4.90 Å². The number of hydrogen-bond acceptors (Lipinski definition) is 3. The molecule has 0 spiro atoms. The molecule has 1 aromatic rings. The van der Waals surface area contributed by atoms with E-state index in [-0.39, 0.29) is 5.91 Å². The van der Waals surface area contributed by atoms with E-state index in [1.165, 1.54) is 19.3 Å². The van der Waals surface area contributed by atoms with Crippen LogP contribution in [-0.2, 0) is 11.3 Å². The minimum absolute atomic E-state index is 0.278. The maximum absolute atomic E-state index is 11.1. The maximum Gasteiger partial charge on any atom is 0.231 e. The molecule has 1 aromatic carbocycles. The molecular weight excluding hydrogens is 238 g/mol. The Labute approximate surface area is 115 Å². The summed E-state index contributed by atoms with van der Waals surface area (Å²) in [6.07, 6.45) is 4.75. The smallest absolute Gasteiger partial charge is 0.231 e. The first-order chi connectivity index (χ1) is 9.11. The third kappa shape index (κ3) is 6.82. The van der Waals surface area contributed by atoms with Crippen LogP contribution < -0.4 is 11.5 Å². The van der Waals surface area contributed by atoms with Crippen molar-refractivity contribution >= 4 is 11.6 Å². The molecule has 0 bridgehead atoms. The van der Waals surface area contributed by atoms with Crippen LogP contribution in [0, 0.1) is 0 Å². The lowest BCUT2D eigenvalue weighted by atomic mass is 10.1. The molecule has 0 aliphatic rings. The van der Waals surface area contributed by atoms with E-state index in [2.05, 4.69) is 11.8 Å². The maximum atomic E-state index is 11.1. The lowest BCUT2D eigenvalue weighted by Gasteiger charge is -2.21. The van der Waals surface area contributed by atoms with Crippen LogP contribution in [-0.4, -0.2) is 23.9 Å². The summed E-state index contributed by atoms with van der Waals surface area (Å²) in [5.41, 5.74) is 12.9. The van der Waals surface area contributed by atoms with Crippen molar-refractivity contribution in [2.24, 2.45) is 5.73 Å². The summed E-state index contributed by atoms with van der Waals surface area (Å²) in [5.74, 6) is -0.278. The van der Waals surface area contributed by atoms with E-state index in [0.717, 1.165) is 30.8 Å². The van der Waals surface area contributed by atoms with Crippen molar-refractivity contribution in [3.8, 4) is 0 Å². The second kappa shape index (κ2) is 8.53. The van der Waals surface area contributed by atoms with E-state index < -0.39 is 0 Å². The molecule has 0 aliphatic carbocycles. The zero-order valence-electron chi connectivity index (χ0n) is 11.8. The molecule has 4 N–H and O–H groups in total.